The highest BCUT2D eigenvalue weighted by Crippen LogP contribution is 2.30. The second-order valence-electron chi connectivity index (χ2n) is 8.76. The van der Waals surface area contributed by atoms with Crippen molar-refractivity contribution in [2.24, 2.45) is 11.7 Å². The Kier molecular flexibility index (Phi) is 8.50. The van der Waals surface area contributed by atoms with Crippen molar-refractivity contribution in [2.75, 3.05) is 13.1 Å². The van der Waals surface area contributed by atoms with Gasteiger partial charge < -0.3 is 15.2 Å². The number of carbonyl (C=O) groups excluding carboxylic acids is 1. The normalized spacial score (nSPS) is 11.8. The van der Waals surface area contributed by atoms with Gasteiger partial charge in [0.05, 0.1) is 6.04 Å². The van der Waals surface area contributed by atoms with E-state index in [9.17, 15) is 19.2 Å². The molecule has 0 fully saturated rings. The van der Waals surface area contributed by atoms with Gasteiger partial charge in [0.1, 0.15) is 23.3 Å². The molecule has 1 heterocycles. The van der Waals surface area contributed by atoms with E-state index in [0.29, 0.717) is 37.6 Å². The number of rotatable bonds is 9. The molecule has 35 heavy (non-hydrogen) atoms. The summed E-state index contributed by atoms with van der Waals surface area (Å²) in [5.41, 5.74) is 6.75. The molecule has 0 saturated heterocycles. The van der Waals surface area contributed by atoms with Gasteiger partial charge in [-0.15, -0.1) is 0 Å². The number of aromatic nitrogens is 2. The Bertz CT molecular complexity index is 1280. The van der Waals surface area contributed by atoms with E-state index in [1.165, 1.54) is 18.2 Å². The molecule has 0 aliphatic carbocycles. The number of nitrogens with two attached hydrogens (primary N) is 1. The molecule has 0 bridgehead atoms. The Morgan fingerprint density at radius 3 is 2.51 bits per heavy atom. The molecular weight excluding hydrogens is 445 g/mol. The van der Waals surface area contributed by atoms with Crippen LogP contribution in [0.4, 0.5) is 4.39 Å². The van der Waals surface area contributed by atoms with Crippen LogP contribution >= 0.6 is 0 Å². The van der Waals surface area contributed by atoms with Crippen LogP contribution < -0.4 is 11.3 Å². The lowest BCUT2D eigenvalue weighted by Crippen LogP contribution is -2.42. The van der Waals surface area contributed by atoms with E-state index in [2.05, 4.69) is 4.98 Å². The lowest BCUT2D eigenvalue weighted by atomic mass is 9.98. The van der Waals surface area contributed by atoms with Gasteiger partial charge in [0.2, 0.25) is 0 Å². The van der Waals surface area contributed by atoms with E-state index in [4.69, 9.17) is 5.73 Å². The fourth-order valence-corrected chi connectivity index (χ4v) is 4.22. The third-order valence-corrected chi connectivity index (χ3v) is 5.94. The van der Waals surface area contributed by atoms with Crippen LogP contribution in [0.2, 0.25) is 0 Å². The fraction of sp³-hybridized carbons (Fsp3) is 0.333. The van der Waals surface area contributed by atoms with E-state index in [0.717, 1.165) is 5.56 Å². The minimum Gasteiger partial charge on any atom is -0.330 e. The quantitative estimate of drug-likeness (QED) is 0.507. The molecule has 182 valence electrons. The number of amides is 1. The first-order valence-electron chi connectivity index (χ1n) is 11.6. The zero-order valence-electron chi connectivity index (χ0n) is 20.2. The summed E-state index contributed by atoms with van der Waals surface area (Å²) in [4.78, 5) is 32.4. The first-order chi connectivity index (χ1) is 16.8. The predicted octanol–water partition coefficient (Wildman–Crippen LogP) is 3.80. The van der Waals surface area contributed by atoms with Crippen LogP contribution in [-0.4, -0.2) is 33.4 Å². The van der Waals surface area contributed by atoms with Gasteiger partial charge in [-0.2, -0.15) is 10.2 Å². The lowest BCUT2D eigenvalue weighted by Gasteiger charge is -2.36. The van der Waals surface area contributed by atoms with Gasteiger partial charge in [-0.25, -0.2) is 4.39 Å². The van der Waals surface area contributed by atoms with Crippen molar-refractivity contribution in [2.45, 2.75) is 39.8 Å². The molecule has 0 radical (unpaired) electrons. The second kappa shape index (κ2) is 11.5. The lowest BCUT2D eigenvalue weighted by molar-refractivity contribution is 0.0601. The van der Waals surface area contributed by atoms with Crippen molar-refractivity contribution >= 4 is 5.91 Å². The summed E-state index contributed by atoms with van der Waals surface area (Å²) in [6.07, 6.45) is 0.516. The average Bonchev–Trinajstić information content (AvgIpc) is 2.84. The summed E-state index contributed by atoms with van der Waals surface area (Å²) in [5, 5.41) is 9.60. The number of nitriles is 1. The number of carbonyl (C=O) groups is 1. The van der Waals surface area contributed by atoms with Gasteiger partial charge in [-0.1, -0.05) is 50.2 Å². The minimum atomic E-state index is -0.632. The number of hydrogen-bond acceptors (Lipinski definition) is 5. The molecule has 8 heteroatoms. The van der Waals surface area contributed by atoms with Crippen molar-refractivity contribution in [3.8, 4) is 6.07 Å². The monoisotopic (exact) mass is 475 g/mol. The summed E-state index contributed by atoms with van der Waals surface area (Å²) in [5.74, 6) is -0.651. The molecule has 1 amide bonds. The van der Waals surface area contributed by atoms with Crippen molar-refractivity contribution in [1.29, 1.82) is 5.26 Å². The maximum atomic E-state index is 13.9. The molecule has 3 rings (SSSR count). The van der Waals surface area contributed by atoms with Gasteiger partial charge in [0.15, 0.2) is 0 Å². The van der Waals surface area contributed by atoms with Gasteiger partial charge >= 0.3 is 0 Å². The third-order valence-electron chi connectivity index (χ3n) is 5.94. The number of halogens is 1. The predicted molar refractivity (Wildman–Crippen MR) is 132 cm³/mol. The van der Waals surface area contributed by atoms with E-state index < -0.39 is 17.4 Å². The highest BCUT2D eigenvalue weighted by Gasteiger charge is 2.33. The Balaban J connectivity index is 2.22. The molecule has 0 spiro atoms. The van der Waals surface area contributed by atoms with Crippen LogP contribution in [0.1, 0.15) is 59.3 Å². The van der Waals surface area contributed by atoms with Crippen LogP contribution in [0.3, 0.4) is 0 Å². The smallest absolute Gasteiger partial charge is 0.291 e. The van der Waals surface area contributed by atoms with Crippen molar-refractivity contribution in [3.05, 3.63) is 99.0 Å². The summed E-state index contributed by atoms with van der Waals surface area (Å²) < 4.78 is 15.8. The van der Waals surface area contributed by atoms with Crippen LogP contribution in [0, 0.1) is 30.0 Å². The van der Waals surface area contributed by atoms with Gasteiger partial charge in [0, 0.05) is 24.3 Å². The maximum Gasteiger partial charge on any atom is 0.291 e. The van der Waals surface area contributed by atoms with Crippen LogP contribution in [0.25, 0.3) is 0 Å². The summed E-state index contributed by atoms with van der Waals surface area (Å²) >= 11 is 0. The Morgan fingerprint density at radius 1 is 1.20 bits per heavy atom. The maximum absolute atomic E-state index is 13.9. The number of hydrogen-bond donors (Lipinski definition) is 1. The molecule has 1 aromatic heterocycles. The molecule has 3 aromatic rings. The van der Waals surface area contributed by atoms with Crippen molar-refractivity contribution < 1.29 is 9.18 Å². The first-order valence-corrected chi connectivity index (χ1v) is 11.6. The first kappa shape index (κ1) is 25.8. The zero-order valence-corrected chi connectivity index (χ0v) is 20.2. The molecule has 2 aromatic carbocycles. The van der Waals surface area contributed by atoms with Crippen LogP contribution in [0.5, 0.6) is 0 Å². The second-order valence-corrected chi connectivity index (χ2v) is 8.76. The molecule has 0 aliphatic rings. The molecule has 1 atom stereocenters. The van der Waals surface area contributed by atoms with Crippen LogP contribution in [0.15, 0.2) is 59.4 Å². The summed E-state index contributed by atoms with van der Waals surface area (Å²) in [6, 6.07) is 16.5. The zero-order chi connectivity index (χ0) is 25.5. The number of benzene rings is 2. The van der Waals surface area contributed by atoms with Crippen molar-refractivity contribution in [1.82, 2.24) is 14.5 Å². The van der Waals surface area contributed by atoms with E-state index in [1.54, 1.807) is 17.9 Å². The summed E-state index contributed by atoms with van der Waals surface area (Å²) in [7, 11) is 0. The topological polar surface area (TPSA) is 105 Å². The largest absolute Gasteiger partial charge is 0.330 e. The Hall–Kier alpha value is -3.83. The molecule has 2 N–H and O–H groups in total. The average molecular weight is 476 g/mol. The molecule has 0 saturated carbocycles. The number of nitrogens with zero attached hydrogens (tertiary/aromatic N) is 4. The fourth-order valence-electron chi connectivity index (χ4n) is 4.22. The van der Waals surface area contributed by atoms with E-state index in [-0.39, 0.29) is 23.0 Å². The molecule has 1 unspecified atom stereocenters. The van der Waals surface area contributed by atoms with Crippen LogP contribution in [-0.2, 0) is 6.54 Å². The highest BCUT2D eigenvalue weighted by atomic mass is 19.1. The third kappa shape index (κ3) is 5.81. The van der Waals surface area contributed by atoms with E-state index in [1.807, 2.05) is 54.8 Å². The minimum absolute atomic E-state index is 0.0304. The van der Waals surface area contributed by atoms with Crippen molar-refractivity contribution in [3.63, 3.8) is 0 Å². The van der Waals surface area contributed by atoms with E-state index >= 15 is 0 Å². The SMILES string of the molecule is Cc1c(C#N)c(=O)nc(C(C(C)C)N(CCCN)C(=O)c2cccc(F)c2)n1Cc1ccccc1. The van der Waals surface area contributed by atoms with Gasteiger partial charge in [-0.3, -0.25) is 9.59 Å². The standard InChI is InChI=1S/C27H30FN5O2/c1-18(2)24(32(14-8-13-29)27(35)21-11-7-12-22(28)15-21)25-31-26(34)23(16-30)19(3)33(25)17-20-9-5-4-6-10-20/h4-7,9-12,15,18,24H,8,13-14,17,29H2,1-3H3. The molecular formula is C27H30FN5O2. The summed E-state index contributed by atoms with van der Waals surface area (Å²) in [6.45, 7) is 6.61. The molecule has 7 nitrogen and oxygen atoms in total. The Labute approximate surface area is 204 Å². The highest BCUT2D eigenvalue weighted by molar-refractivity contribution is 5.94. The van der Waals surface area contributed by atoms with Gasteiger partial charge in [0.25, 0.3) is 11.5 Å². The molecule has 0 aliphatic heterocycles. The Morgan fingerprint density at radius 2 is 1.91 bits per heavy atom. The van der Waals surface area contributed by atoms with Gasteiger partial charge in [-0.05, 0) is 49.6 Å².